The van der Waals surface area contributed by atoms with E-state index < -0.39 is 0 Å². The minimum absolute atomic E-state index is 0.279. The first-order valence-electron chi connectivity index (χ1n) is 13.1. The zero-order valence-corrected chi connectivity index (χ0v) is 21.6. The molecule has 0 N–H and O–H groups in total. The predicted octanol–water partition coefficient (Wildman–Crippen LogP) is 8.31. The van der Waals surface area contributed by atoms with Crippen LogP contribution in [-0.4, -0.2) is 13.1 Å². The minimum atomic E-state index is -0.279. The molecule has 4 aromatic carbocycles. The Balaban J connectivity index is 0.000000246. The quantitative estimate of drug-likeness (QED) is 0.229. The summed E-state index contributed by atoms with van der Waals surface area (Å²) in [6.07, 6.45) is 4.34. The lowest BCUT2D eigenvalue weighted by Crippen LogP contribution is -2.21. The summed E-state index contributed by atoms with van der Waals surface area (Å²) in [7, 11) is 0. The van der Waals surface area contributed by atoms with Gasteiger partial charge in [-0.3, -0.25) is 0 Å². The van der Waals surface area contributed by atoms with E-state index in [2.05, 4.69) is 55.1 Å². The van der Waals surface area contributed by atoms with E-state index in [9.17, 15) is 4.79 Å². The number of furan rings is 1. The Morgan fingerprint density at radius 3 is 2.08 bits per heavy atom. The Morgan fingerprint density at radius 1 is 0.684 bits per heavy atom. The molecule has 0 atom stereocenters. The van der Waals surface area contributed by atoms with Gasteiger partial charge in [-0.1, -0.05) is 66.7 Å². The van der Waals surface area contributed by atoms with Crippen molar-refractivity contribution in [2.24, 2.45) is 0 Å². The molecule has 0 spiro atoms. The molecule has 1 aliphatic rings. The Labute approximate surface area is 221 Å². The third-order valence-corrected chi connectivity index (χ3v) is 7.38. The summed E-state index contributed by atoms with van der Waals surface area (Å²) in [5.74, 6) is 0. The van der Waals surface area contributed by atoms with Gasteiger partial charge in [0.25, 0.3) is 0 Å². The first-order valence-corrected chi connectivity index (χ1v) is 13.1. The fraction of sp³-hybridized carbons (Fsp3) is 0.147. The lowest BCUT2D eigenvalue weighted by atomic mass is 9.96. The van der Waals surface area contributed by atoms with Crippen LogP contribution in [0.5, 0.6) is 0 Å². The molecule has 0 aliphatic heterocycles. The van der Waals surface area contributed by atoms with Crippen molar-refractivity contribution in [3.63, 3.8) is 0 Å². The van der Waals surface area contributed by atoms with Gasteiger partial charge >= 0.3 is 5.63 Å². The maximum Gasteiger partial charge on any atom is 0.344 e. The van der Waals surface area contributed by atoms with Crippen molar-refractivity contribution in [1.29, 1.82) is 0 Å². The van der Waals surface area contributed by atoms with Gasteiger partial charge in [-0.2, -0.15) is 0 Å². The van der Waals surface area contributed by atoms with E-state index in [0.29, 0.717) is 11.1 Å². The van der Waals surface area contributed by atoms with Crippen LogP contribution < -0.4 is 10.5 Å². The Morgan fingerprint density at radius 2 is 1.34 bits per heavy atom. The second-order valence-electron chi connectivity index (χ2n) is 9.51. The van der Waals surface area contributed by atoms with Crippen molar-refractivity contribution in [3.05, 3.63) is 125 Å². The summed E-state index contributed by atoms with van der Waals surface area (Å²) in [6, 6.07) is 30.8. The van der Waals surface area contributed by atoms with Crippen LogP contribution in [0.4, 0.5) is 5.69 Å². The summed E-state index contributed by atoms with van der Waals surface area (Å²) in [4.78, 5) is 15.2. The Hall–Kier alpha value is -4.57. The number of fused-ring (bicyclic) bond motifs is 5. The van der Waals surface area contributed by atoms with E-state index in [1.165, 1.54) is 22.3 Å². The molecule has 0 bridgehead atoms. The van der Waals surface area contributed by atoms with Gasteiger partial charge in [0.1, 0.15) is 5.58 Å². The smallest absolute Gasteiger partial charge is 0.344 e. The molecule has 4 nitrogen and oxygen atoms in total. The Kier molecular flexibility index (Phi) is 6.30. The fourth-order valence-electron chi connectivity index (χ4n) is 5.39. The molecule has 2 aromatic heterocycles. The van der Waals surface area contributed by atoms with Gasteiger partial charge < -0.3 is 13.7 Å². The molecule has 0 saturated carbocycles. The zero-order chi connectivity index (χ0) is 26.1. The van der Waals surface area contributed by atoms with E-state index in [1.54, 1.807) is 12.5 Å². The van der Waals surface area contributed by atoms with E-state index in [4.69, 9.17) is 8.83 Å². The molecule has 0 amide bonds. The van der Waals surface area contributed by atoms with E-state index in [-0.39, 0.29) is 5.63 Å². The molecule has 188 valence electrons. The molecule has 6 aromatic rings. The Bertz CT molecular complexity index is 1780. The third-order valence-electron chi connectivity index (χ3n) is 7.38. The number of hydrogen-bond donors (Lipinski definition) is 0. The molecule has 4 heteroatoms. The minimum Gasteiger partial charge on any atom is -0.471 e. The summed E-state index contributed by atoms with van der Waals surface area (Å²) in [5, 5.41) is 3.28. The molecule has 0 unspecified atom stereocenters. The average Bonchev–Trinajstić information content (AvgIpc) is 3.58. The largest absolute Gasteiger partial charge is 0.471 e. The second-order valence-corrected chi connectivity index (χ2v) is 9.51. The molecule has 0 radical (unpaired) electrons. The van der Waals surface area contributed by atoms with Crippen molar-refractivity contribution >= 4 is 27.4 Å². The summed E-state index contributed by atoms with van der Waals surface area (Å²) in [6.45, 7) is 6.09. The molecular formula is C34H29NO3. The third kappa shape index (κ3) is 4.28. The van der Waals surface area contributed by atoms with Crippen molar-refractivity contribution in [1.82, 2.24) is 0 Å². The van der Waals surface area contributed by atoms with Gasteiger partial charge in [0.2, 0.25) is 0 Å². The number of anilines is 1. The summed E-state index contributed by atoms with van der Waals surface area (Å²) >= 11 is 0. The van der Waals surface area contributed by atoms with Crippen molar-refractivity contribution in [3.8, 4) is 22.3 Å². The van der Waals surface area contributed by atoms with Crippen LogP contribution in [0.1, 0.15) is 25.0 Å². The van der Waals surface area contributed by atoms with Gasteiger partial charge in [0, 0.05) is 41.0 Å². The molecule has 7 rings (SSSR count). The van der Waals surface area contributed by atoms with E-state index >= 15 is 0 Å². The summed E-state index contributed by atoms with van der Waals surface area (Å²) < 4.78 is 10.7. The molecule has 2 heterocycles. The normalized spacial score (nSPS) is 11.6. The number of benzene rings is 4. The second kappa shape index (κ2) is 10.1. The van der Waals surface area contributed by atoms with E-state index in [1.807, 2.05) is 54.6 Å². The van der Waals surface area contributed by atoms with Crippen LogP contribution in [0.2, 0.25) is 0 Å². The molecule has 0 saturated heterocycles. The number of nitrogens with zero attached hydrogens (tertiary/aromatic N) is 1. The predicted molar refractivity (Wildman–Crippen MR) is 156 cm³/mol. The number of rotatable bonds is 4. The lowest BCUT2D eigenvalue weighted by molar-refractivity contribution is 0.563. The maximum absolute atomic E-state index is 12.9. The first kappa shape index (κ1) is 23.8. The zero-order valence-electron chi connectivity index (χ0n) is 21.6. The monoisotopic (exact) mass is 499 g/mol. The van der Waals surface area contributed by atoms with Crippen LogP contribution >= 0.6 is 0 Å². The van der Waals surface area contributed by atoms with Gasteiger partial charge in [-0.05, 0) is 66.3 Å². The van der Waals surface area contributed by atoms with Gasteiger partial charge in [-0.15, -0.1) is 0 Å². The van der Waals surface area contributed by atoms with Crippen molar-refractivity contribution in [2.75, 3.05) is 18.0 Å². The SMILES string of the molecule is CCN(CC)c1ccc2cc(-c3cccc4c3Cc3ccccc3-4)c(=O)oc2c1.c1ccc2cocc2c1. The fourth-order valence-corrected chi connectivity index (χ4v) is 5.39. The van der Waals surface area contributed by atoms with Crippen molar-refractivity contribution in [2.45, 2.75) is 20.3 Å². The first-order chi connectivity index (χ1) is 18.7. The topological polar surface area (TPSA) is 46.6 Å². The average molecular weight is 500 g/mol. The van der Waals surface area contributed by atoms with Crippen LogP contribution in [0.3, 0.4) is 0 Å². The molecule has 38 heavy (non-hydrogen) atoms. The standard InChI is InChI=1S/C26H23NO2.C8H6O/c1-3-27(4-2)19-13-12-18-15-24(26(28)29-25(18)16-19)22-11-7-10-21-20-9-6-5-8-17(20)14-23(21)22;1-2-4-8-6-9-5-7(8)3-1/h5-13,15-16H,3-4,14H2,1-2H3;1-6H. The van der Waals surface area contributed by atoms with Crippen LogP contribution in [0.25, 0.3) is 44.0 Å². The highest BCUT2D eigenvalue weighted by molar-refractivity contribution is 5.89. The molecule has 1 aliphatic carbocycles. The highest BCUT2D eigenvalue weighted by atomic mass is 16.4. The lowest BCUT2D eigenvalue weighted by Gasteiger charge is -2.21. The van der Waals surface area contributed by atoms with Gasteiger partial charge in [-0.25, -0.2) is 4.79 Å². The maximum atomic E-state index is 12.9. The van der Waals surface area contributed by atoms with Crippen LogP contribution in [-0.2, 0) is 6.42 Å². The van der Waals surface area contributed by atoms with Gasteiger partial charge in [0.15, 0.2) is 0 Å². The van der Waals surface area contributed by atoms with Crippen LogP contribution in [0.15, 0.2) is 117 Å². The van der Waals surface area contributed by atoms with Crippen LogP contribution in [0, 0.1) is 0 Å². The highest BCUT2D eigenvalue weighted by Crippen LogP contribution is 2.41. The highest BCUT2D eigenvalue weighted by Gasteiger charge is 2.22. The summed E-state index contributed by atoms with van der Waals surface area (Å²) in [5.41, 5.74) is 8.05. The number of hydrogen-bond acceptors (Lipinski definition) is 4. The van der Waals surface area contributed by atoms with Gasteiger partial charge in [0.05, 0.1) is 18.1 Å². The molecular weight excluding hydrogens is 470 g/mol. The van der Waals surface area contributed by atoms with Crippen molar-refractivity contribution < 1.29 is 8.83 Å². The molecule has 0 fully saturated rings. The van der Waals surface area contributed by atoms with E-state index in [0.717, 1.165) is 46.9 Å².